The highest BCUT2D eigenvalue weighted by Gasteiger charge is 2.63. The zero-order valence-electron chi connectivity index (χ0n) is 9.22. The molecular formula is C11H7F6NO. The van der Waals surface area contributed by atoms with Gasteiger partial charge in [0.1, 0.15) is 11.8 Å². The lowest BCUT2D eigenvalue weighted by atomic mass is 10.2. The van der Waals surface area contributed by atoms with E-state index in [4.69, 9.17) is 5.26 Å². The molecule has 0 amide bonds. The Morgan fingerprint density at radius 3 is 2.26 bits per heavy atom. The van der Waals surface area contributed by atoms with E-state index in [2.05, 4.69) is 4.74 Å². The minimum absolute atomic E-state index is 0.168. The number of nitrogens with zero attached hydrogens (tertiary/aromatic N) is 1. The SMILES string of the molecule is N#Cc1ccccc1OCC(F)(F)C(F)(F)C(F)F. The molecule has 1 aromatic carbocycles. The summed E-state index contributed by atoms with van der Waals surface area (Å²) in [7, 11) is 0. The molecule has 1 aromatic rings. The maximum Gasteiger partial charge on any atom is 0.372 e. The third-order valence-electron chi connectivity index (χ3n) is 2.18. The molecule has 0 aliphatic heterocycles. The summed E-state index contributed by atoms with van der Waals surface area (Å²) in [5.41, 5.74) is -0.168. The molecule has 0 aromatic heterocycles. The Morgan fingerprint density at radius 1 is 1.16 bits per heavy atom. The van der Waals surface area contributed by atoms with Crippen molar-refractivity contribution in [1.82, 2.24) is 0 Å². The van der Waals surface area contributed by atoms with Crippen LogP contribution in [0.4, 0.5) is 26.3 Å². The fraction of sp³-hybridized carbons (Fsp3) is 0.364. The first-order valence-corrected chi connectivity index (χ1v) is 4.88. The van der Waals surface area contributed by atoms with Crippen LogP contribution in [0.15, 0.2) is 24.3 Å². The molecule has 0 aliphatic rings. The highest BCUT2D eigenvalue weighted by Crippen LogP contribution is 2.39. The lowest BCUT2D eigenvalue weighted by Crippen LogP contribution is -2.50. The number of rotatable bonds is 5. The van der Waals surface area contributed by atoms with Gasteiger partial charge in [-0.05, 0) is 12.1 Å². The van der Waals surface area contributed by atoms with Crippen molar-refractivity contribution in [1.29, 1.82) is 5.26 Å². The summed E-state index contributed by atoms with van der Waals surface area (Å²) < 4.78 is 79.0. The molecule has 104 valence electrons. The van der Waals surface area contributed by atoms with E-state index in [0.717, 1.165) is 6.07 Å². The fourth-order valence-electron chi connectivity index (χ4n) is 1.11. The van der Waals surface area contributed by atoms with Gasteiger partial charge in [0.15, 0.2) is 6.61 Å². The summed E-state index contributed by atoms with van der Waals surface area (Å²) in [6, 6.07) is 6.61. The Balaban J connectivity index is 2.84. The molecule has 2 nitrogen and oxygen atoms in total. The fourth-order valence-corrected chi connectivity index (χ4v) is 1.11. The van der Waals surface area contributed by atoms with E-state index in [1.54, 1.807) is 6.07 Å². The second-order valence-electron chi connectivity index (χ2n) is 3.52. The van der Waals surface area contributed by atoms with Crippen molar-refractivity contribution >= 4 is 0 Å². The van der Waals surface area contributed by atoms with Crippen LogP contribution in [0.25, 0.3) is 0 Å². The topological polar surface area (TPSA) is 33.0 Å². The smallest absolute Gasteiger partial charge is 0.372 e. The van der Waals surface area contributed by atoms with Crippen LogP contribution in [0.1, 0.15) is 5.56 Å². The number of alkyl halides is 6. The Labute approximate surface area is 104 Å². The zero-order chi connectivity index (χ0) is 14.7. The second kappa shape index (κ2) is 5.38. The zero-order valence-corrected chi connectivity index (χ0v) is 9.22. The van der Waals surface area contributed by atoms with Crippen molar-refractivity contribution in [3.05, 3.63) is 29.8 Å². The van der Waals surface area contributed by atoms with Crippen LogP contribution in [-0.4, -0.2) is 24.9 Å². The summed E-state index contributed by atoms with van der Waals surface area (Å²) >= 11 is 0. The quantitative estimate of drug-likeness (QED) is 0.775. The molecule has 0 atom stereocenters. The van der Waals surface area contributed by atoms with Crippen LogP contribution in [-0.2, 0) is 0 Å². The molecule has 0 saturated heterocycles. The average molecular weight is 283 g/mol. The van der Waals surface area contributed by atoms with Gasteiger partial charge < -0.3 is 4.74 Å². The van der Waals surface area contributed by atoms with Crippen molar-refractivity contribution in [3.63, 3.8) is 0 Å². The first-order valence-electron chi connectivity index (χ1n) is 4.88. The van der Waals surface area contributed by atoms with Gasteiger partial charge in [-0.3, -0.25) is 0 Å². The lowest BCUT2D eigenvalue weighted by molar-refractivity contribution is -0.271. The number of ether oxygens (including phenoxy) is 1. The van der Waals surface area contributed by atoms with Gasteiger partial charge in [0.2, 0.25) is 0 Å². The molecular weight excluding hydrogens is 276 g/mol. The maximum atomic E-state index is 12.9. The minimum Gasteiger partial charge on any atom is -0.486 e. The van der Waals surface area contributed by atoms with E-state index >= 15 is 0 Å². The first kappa shape index (κ1) is 15.1. The van der Waals surface area contributed by atoms with Gasteiger partial charge in [-0.2, -0.15) is 22.8 Å². The van der Waals surface area contributed by atoms with Crippen LogP contribution < -0.4 is 4.74 Å². The van der Waals surface area contributed by atoms with Crippen LogP contribution in [0.2, 0.25) is 0 Å². The number of hydrogen-bond donors (Lipinski definition) is 0. The molecule has 1 rings (SSSR count). The number of hydrogen-bond acceptors (Lipinski definition) is 2. The lowest BCUT2D eigenvalue weighted by Gasteiger charge is -2.25. The van der Waals surface area contributed by atoms with Crippen LogP contribution in [0.3, 0.4) is 0 Å². The van der Waals surface area contributed by atoms with Crippen molar-refractivity contribution in [3.8, 4) is 11.8 Å². The molecule has 0 bridgehead atoms. The second-order valence-corrected chi connectivity index (χ2v) is 3.52. The average Bonchev–Trinajstić information content (AvgIpc) is 2.36. The van der Waals surface area contributed by atoms with E-state index in [-0.39, 0.29) is 11.3 Å². The molecule has 0 saturated carbocycles. The Morgan fingerprint density at radius 2 is 1.74 bits per heavy atom. The van der Waals surface area contributed by atoms with Crippen molar-refractivity contribution in [2.45, 2.75) is 18.3 Å². The summed E-state index contributed by atoms with van der Waals surface area (Å²) in [4.78, 5) is 0. The van der Waals surface area contributed by atoms with E-state index in [1.807, 2.05) is 0 Å². The van der Waals surface area contributed by atoms with Gasteiger partial charge in [-0.15, -0.1) is 0 Å². The third-order valence-corrected chi connectivity index (χ3v) is 2.18. The summed E-state index contributed by atoms with van der Waals surface area (Å²) in [5, 5.41) is 8.61. The number of para-hydroxylation sites is 1. The van der Waals surface area contributed by atoms with Gasteiger partial charge in [0.25, 0.3) is 0 Å². The summed E-state index contributed by atoms with van der Waals surface area (Å²) in [5.74, 6) is -10.9. The normalized spacial score (nSPS) is 12.3. The highest BCUT2D eigenvalue weighted by atomic mass is 19.3. The van der Waals surface area contributed by atoms with Gasteiger partial charge in [-0.25, -0.2) is 8.78 Å². The number of nitriles is 1. The molecule has 0 radical (unpaired) electrons. The van der Waals surface area contributed by atoms with E-state index in [1.165, 1.54) is 18.2 Å². The molecule has 19 heavy (non-hydrogen) atoms. The van der Waals surface area contributed by atoms with Crippen LogP contribution in [0, 0.1) is 11.3 Å². The van der Waals surface area contributed by atoms with Crippen molar-refractivity contribution < 1.29 is 31.1 Å². The number of halogens is 6. The molecule has 0 N–H and O–H groups in total. The van der Waals surface area contributed by atoms with E-state index in [0.29, 0.717) is 0 Å². The largest absolute Gasteiger partial charge is 0.486 e. The van der Waals surface area contributed by atoms with E-state index in [9.17, 15) is 26.3 Å². The number of benzene rings is 1. The Bertz CT molecular complexity index is 482. The van der Waals surface area contributed by atoms with Crippen LogP contribution in [0.5, 0.6) is 5.75 Å². The van der Waals surface area contributed by atoms with Gasteiger partial charge in [-0.1, -0.05) is 12.1 Å². The molecule has 0 fully saturated rings. The monoisotopic (exact) mass is 283 g/mol. The van der Waals surface area contributed by atoms with Gasteiger partial charge in [0.05, 0.1) is 5.56 Å². The molecule has 0 unspecified atom stereocenters. The molecule has 0 spiro atoms. The first-order chi connectivity index (χ1) is 8.72. The highest BCUT2D eigenvalue weighted by molar-refractivity contribution is 5.42. The maximum absolute atomic E-state index is 12.9. The van der Waals surface area contributed by atoms with Gasteiger partial charge >= 0.3 is 18.3 Å². The third kappa shape index (κ3) is 3.10. The minimum atomic E-state index is -5.51. The predicted molar refractivity (Wildman–Crippen MR) is 52.6 cm³/mol. The standard InChI is InChI=1S/C11H7F6NO/c12-9(13)11(16,17)10(14,15)6-19-8-4-2-1-3-7(8)5-18/h1-4,9H,6H2. The predicted octanol–water partition coefficient (Wildman–Crippen LogP) is 3.47. The molecule has 8 heteroatoms. The molecule has 0 aliphatic carbocycles. The van der Waals surface area contributed by atoms with E-state index < -0.39 is 24.9 Å². The summed E-state index contributed by atoms with van der Waals surface area (Å²) in [6.45, 7) is -1.96. The van der Waals surface area contributed by atoms with Crippen LogP contribution >= 0.6 is 0 Å². The van der Waals surface area contributed by atoms with Gasteiger partial charge in [0, 0.05) is 0 Å². The van der Waals surface area contributed by atoms with Crippen molar-refractivity contribution in [2.75, 3.05) is 6.61 Å². The molecule has 0 heterocycles. The Hall–Kier alpha value is -1.91. The summed E-state index contributed by atoms with van der Waals surface area (Å²) in [6.07, 6.45) is -4.52. The Kier molecular flexibility index (Phi) is 4.29. The van der Waals surface area contributed by atoms with Crippen molar-refractivity contribution in [2.24, 2.45) is 0 Å².